The van der Waals surface area contributed by atoms with Gasteiger partial charge in [-0.05, 0) is 25.0 Å². The van der Waals surface area contributed by atoms with Crippen molar-refractivity contribution in [2.24, 2.45) is 0 Å². The van der Waals surface area contributed by atoms with Crippen LogP contribution in [0.3, 0.4) is 0 Å². The first kappa shape index (κ1) is 19.0. The lowest BCUT2D eigenvalue weighted by atomic mass is 10.1. The molecule has 2 aromatic carbocycles. The average Bonchev–Trinajstić information content (AvgIpc) is 3.21. The van der Waals surface area contributed by atoms with Crippen LogP contribution in [0.25, 0.3) is 0 Å². The average molecular weight is 374 g/mol. The van der Waals surface area contributed by atoms with Crippen molar-refractivity contribution in [3.05, 3.63) is 65.7 Å². The number of ether oxygens (including phenoxy) is 1. The topological polar surface area (TPSA) is 67.4 Å². The first-order chi connectivity index (χ1) is 13.0. The van der Waals surface area contributed by atoms with E-state index < -0.39 is 23.3 Å². The molecule has 1 fully saturated rings. The molecule has 2 N–H and O–H groups in total. The van der Waals surface area contributed by atoms with E-state index in [1.807, 2.05) is 0 Å². The molecule has 2 amide bonds. The number of alkyl halides is 2. The Labute approximate surface area is 155 Å². The maximum atomic E-state index is 14.4. The highest BCUT2D eigenvalue weighted by Gasteiger charge is 2.41. The molecule has 1 aliphatic rings. The highest BCUT2D eigenvalue weighted by molar-refractivity contribution is 6.05. The molecular formula is C20H20F2N2O3. The largest absolute Gasteiger partial charge is 0.376 e. The Morgan fingerprint density at radius 3 is 2.48 bits per heavy atom. The number of carbonyl (C=O) groups excluding carboxylic acids is 2. The van der Waals surface area contributed by atoms with Gasteiger partial charge in [0.05, 0.1) is 17.4 Å². The Hall–Kier alpha value is -2.80. The smallest absolute Gasteiger partial charge is 0.350 e. The Bertz CT molecular complexity index is 806. The van der Waals surface area contributed by atoms with Gasteiger partial charge in [0.25, 0.3) is 11.8 Å². The van der Waals surface area contributed by atoms with Gasteiger partial charge in [-0.2, -0.15) is 8.78 Å². The number of rotatable bonds is 6. The van der Waals surface area contributed by atoms with Crippen molar-refractivity contribution < 1.29 is 23.1 Å². The number of benzene rings is 2. The van der Waals surface area contributed by atoms with Gasteiger partial charge in [0.2, 0.25) is 0 Å². The molecule has 1 heterocycles. The van der Waals surface area contributed by atoms with Crippen molar-refractivity contribution in [3.63, 3.8) is 0 Å². The third-order valence-corrected chi connectivity index (χ3v) is 4.36. The van der Waals surface area contributed by atoms with Gasteiger partial charge in [0.1, 0.15) is 0 Å². The number of para-hydroxylation sites is 1. The molecule has 0 aromatic heterocycles. The lowest BCUT2D eigenvalue weighted by Gasteiger charge is -2.18. The molecule has 5 nitrogen and oxygen atoms in total. The molecule has 0 aliphatic carbocycles. The number of carbonyl (C=O) groups is 2. The lowest BCUT2D eigenvalue weighted by molar-refractivity contribution is -0.140. The Morgan fingerprint density at radius 2 is 1.78 bits per heavy atom. The van der Waals surface area contributed by atoms with E-state index in [2.05, 4.69) is 10.6 Å². The van der Waals surface area contributed by atoms with E-state index >= 15 is 0 Å². The van der Waals surface area contributed by atoms with Crippen LogP contribution < -0.4 is 10.6 Å². The zero-order valence-electron chi connectivity index (χ0n) is 14.6. The van der Waals surface area contributed by atoms with Crippen LogP contribution in [-0.4, -0.2) is 31.1 Å². The van der Waals surface area contributed by atoms with E-state index in [0.29, 0.717) is 13.2 Å². The van der Waals surface area contributed by atoms with Gasteiger partial charge in [-0.25, -0.2) is 0 Å². The molecule has 142 valence electrons. The monoisotopic (exact) mass is 374 g/mol. The minimum absolute atomic E-state index is 0.0305. The van der Waals surface area contributed by atoms with Crippen LogP contribution in [0.1, 0.15) is 28.8 Å². The number of nitrogens with one attached hydrogen (secondary N) is 2. The van der Waals surface area contributed by atoms with Crippen LogP contribution in [0.5, 0.6) is 0 Å². The number of halogens is 2. The van der Waals surface area contributed by atoms with Crippen LogP contribution in [0, 0.1) is 0 Å². The molecule has 0 spiro atoms. The molecule has 1 atom stereocenters. The molecule has 0 bridgehead atoms. The predicted octanol–water partition coefficient (Wildman–Crippen LogP) is 3.33. The highest BCUT2D eigenvalue weighted by Crippen LogP contribution is 2.30. The highest BCUT2D eigenvalue weighted by atomic mass is 19.3. The molecule has 27 heavy (non-hydrogen) atoms. The van der Waals surface area contributed by atoms with Crippen LogP contribution >= 0.6 is 0 Å². The van der Waals surface area contributed by atoms with Gasteiger partial charge in [0.15, 0.2) is 0 Å². The SMILES string of the molecule is O=C(NC[C@@H]1CCCO1)c1ccccc1NC(=O)C(F)(F)c1ccccc1. The fraction of sp³-hybridized carbons (Fsp3) is 0.300. The van der Waals surface area contributed by atoms with Crippen molar-refractivity contribution >= 4 is 17.5 Å². The Morgan fingerprint density at radius 1 is 1.07 bits per heavy atom. The summed E-state index contributed by atoms with van der Waals surface area (Å²) in [5.41, 5.74) is -0.265. The maximum absolute atomic E-state index is 14.4. The number of hydrogen-bond donors (Lipinski definition) is 2. The second-order valence-corrected chi connectivity index (χ2v) is 6.29. The molecule has 7 heteroatoms. The molecule has 1 aliphatic heterocycles. The summed E-state index contributed by atoms with van der Waals surface area (Å²) in [5, 5.41) is 4.90. The molecule has 0 saturated carbocycles. The second-order valence-electron chi connectivity index (χ2n) is 6.29. The third kappa shape index (κ3) is 4.49. The zero-order chi connectivity index (χ0) is 19.3. The minimum Gasteiger partial charge on any atom is -0.376 e. The summed E-state index contributed by atoms with van der Waals surface area (Å²) in [6.07, 6.45) is 1.77. The van der Waals surface area contributed by atoms with E-state index in [1.54, 1.807) is 18.2 Å². The molecule has 3 rings (SSSR count). The van der Waals surface area contributed by atoms with E-state index in [4.69, 9.17) is 4.74 Å². The summed E-state index contributed by atoms with van der Waals surface area (Å²) in [5.74, 6) is -5.67. The summed E-state index contributed by atoms with van der Waals surface area (Å²) < 4.78 is 34.2. The molecule has 1 saturated heterocycles. The van der Waals surface area contributed by atoms with Crippen LogP contribution in [0.4, 0.5) is 14.5 Å². The fourth-order valence-corrected chi connectivity index (χ4v) is 2.88. The van der Waals surface area contributed by atoms with Gasteiger partial charge in [-0.15, -0.1) is 0 Å². The van der Waals surface area contributed by atoms with Gasteiger partial charge >= 0.3 is 5.92 Å². The Balaban J connectivity index is 1.71. The quantitative estimate of drug-likeness (QED) is 0.815. The number of hydrogen-bond acceptors (Lipinski definition) is 3. The molecule has 2 aromatic rings. The summed E-state index contributed by atoms with van der Waals surface area (Å²) in [6, 6.07) is 12.9. The van der Waals surface area contributed by atoms with Crippen molar-refractivity contribution in [2.45, 2.75) is 24.9 Å². The third-order valence-electron chi connectivity index (χ3n) is 4.36. The predicted molar refractivity (Wildman–Crippen MR) is 96.7 cm³/mol. The summed E-state index contributed by atoms with van der Waals surface area (Å²) in [6.45, 7) is 1.00. The van der Waals surface area contributed by atoms with Gasteiger partial charge in [-0.3, -0.25) is 9.59 Å². The van der Waals surface area contributed by atoms with Crippen molar-refractivity contribution in [3.8, 4) is 0 Å². The van der Waals surface area contributed by atoms with Crippen molar-refractivity contribution in [1.82, 2.24) is 5.32 Å². The van der Waals surface area contributed by atoms with Gasteiger partial charge in [-0.1, -0.05) is 42.5 Å². The second kappa shape index (κ2) is 8.26. The van der Waals surface area contributed by atoms with Crippen LogP contribution in [0.15, 0.2) is 54.6 Å². The first-order valence-corrected chi connectivity index (χ1v) is 8.72. The van der Waals surface area contributed by atoms with Crippen molar-refractivity contribution in [2.75, 3.05) is 18.5 Å². The Kier molecular flexibility index (Phi) is 5.81. The van der Waals surface area contributed by atoms with Crippen LogP contribution in [-0.2, 0) is 15.5 Å². The van der Waals surface area contributed by atoms with Crippen LogP contribution in [0.2, 0.25) is 0 Å². The van der Waals surface area contributed by atoms with Gasteiger partial charge < -0.3 is 15.4 Å². The lowest BCUT2D eigenvalue weighted by Crippen LogP contribution is -2.35. The zero-order valence-corrected chi connectivity index (χ0v) is 14.6. The molecular weight excluding hydrogens is 354 g/mol. The standard InChI is InChI=1S/C20H20F2N2O3/c21-20(22,14-7-2-1-3-8-14)19(26)24-17-11-5-4-10-16(17)18(25)23-13-15-9-6-12-27-15/h1-5,7-8,10-11,15H,6,9,12-13H2,(H,23,25)(H,24,26)/t15-/m0/s1. The fourth-order valence-electron chi connectivity index (χ4n) is 2.88. The van der Waals surface area contributed by atoms with E-state index in [9.17, 15) is 18.4 Å². The van der Waals surface area contributed by atoms with E-state index in [-0.39, 0.29) is 17.4 Å². The number of amides is 2. The first-order valence-electron chi connectivity index (χ1n) is 8.72. The van der Waals surface area contributed by atoms with Crippen molar-refractivity contribution in [1.29, 1.82) is 0 Å². The summed E-state index contributed by atoms with van der Waals surface area (Å²) in [4.78, 5) is 24.6. The molecule has 0 unspecified atom stereocenters. The van der Waals surface area contributed by atoms with E-state index in [1.165, 1.54) is 36.4 Å². The van der Waals surface area contributed by atoms with Gasteiger partial charge in [0, 0.05) is 18.7 Å². The normalized spacial score (nSPS) is 16.7. The summed E-state index contributed by atoms with van der Waals surface area (Å²) in [7, 11) is 0. The maximum Gasteiger partial charge on any atom is 0.350 e. The minimum atomic E-state index is -3.72. The summed E-state index contributed by atoms with van der Waals surface area (Å²) >= 11 is 0. The number of anilines is 1. The molecule has 0 radical (unpaired) electrons. The van der Waals surface area contributed by atoms with E-state index in [0.717, 1.165) is 12.8 Å².